The molecule has 0 saturated carbocycles. The summed E-state index contributed by atoms with van der Waals surface area (Å²) in [7, 11) is 0. The monoisotopic (exact) mass is 253 g/mol. The van der Waals surface area contributed by atoms with Crippen LogP contribution in [0.15, 0.2) is 48.7 Å². The molecule has 3 rings (SSSR count). The summed E-state index contributed by atoms with van der Waals surface area (Å²) in [6, 6.07) is 13.4. The number of nitrogens with zero attached hydrogens (tertiary/aromatic N) is 2. The fraction of sp³-hybridized carbons (Fsp3) is 0.200. The molecular weight excluding hydrogens is 238 g/mol. The van der Waals surface area contributed by atoms with Gasteiger partial charge in [-0.15, -0.1) is 0 Å². The first-order chi connectivity index (χ1) is 9.34. The number of urea groups is 1. The molecule has 0 unspecified atom stereocenters. The van der Waals surface area contributed by atoms with E-state index in [2.05, 4.69) is 16.4 Å². The van der Waals surface area contributed by atoms with Crippen molar-refractivity contribution in [2.75, 3.05) is 16.8 Å². The van der Waals surface area contributed by atoms with Gasteiger partial charge in [-0.25, -0.2) is 9.78 Å². The van der Waals surface area contributed by atoms with Crippen LogP contribution >= 0.6 is 0 Å². The van der Waals surface area contributed by atoms with Crippen LogP contribution in [0.3, 0.4) is 0 Å². The standard InChI is InChI=1S/C15H15N3O/c19-15(17-14-9-3-4-10-16-14)18-11-5-7-12-6-1-2-8-13(12)18/h1-4,6,8-10H,5,7,11H2,(H,16,17,19). The Balaban J connectivity index is 1.82. The van der Waals surface area contributed by atoms with Crippen molar-refractivity contribution in [1.82, 2.24) is 4.98 Å². The van der Waals surface area contributed by atoms with Crippen LogP contribution in [0.4, 0.5) is 16.3 Å². The Labute approximate surface area is 112 Å². The highest BCUT2D eigenvalue weighted by Crippen LogP contribution is 2.27. The van der Waals surface area contributed by atoms with Crippen LogP contribution in [0, 0.1) is 0 Å². The molecule has 0 radical (unpaired) electrons. The zero-order valence-corrected chi connectivity index (χ0v) is 10.5. The molecule has 0 spiro atoms. The molecule has 2 heterocycles. The maximum atomic E-state index is 12.3. The van der Waals surface area contributed by atoms with Crippen LogP contribution in [0.1, 0.15) is 12.0 Å². The number of aromatic nitrogens is 1. The van der Waals surface area contributed by atoms with Crippen LogP contribution in [0.2, 0.25) is 0 Å². The van der Waals surface area contributed by atoms with Gasteiger partial charge in [0.2, 0.25) is 0 Å². The van der Waals surface area contributed by atoms with Crippen molar-refractivity contribution in [3.63, 3.8) is 0 Å². The van der Waals surface area contributed by atoms with Crippen LogP contribution in [-0.4, -0.2) is 17.6 Å². The van der Waals surface area contributed by atoms with E-state index >= 15 is 0 Å². The van der Waals surface area contributed by atoms with Crippen molar-refractivity contribution in [2.24, 2.45) is 0 Å². The van der Waals surface area contributed by atoms with Gasteiger partial charge < -0.3 is 0 Å². The highest BCUT2D eigenvalue weighted by atomic mass is 16.2. The number of nitrogens with one attached hydrogen (secondary N) is 1. The largest absolute Gasteiger partial charge is 0.327 e. The summed E-state index contributed by atoms with van der Waals surface area (Å²) in [5.74, 6) is 0.579. The fourth-order valence-corrected chi connectivity index (χ4v) is 2.36. The van der Waals surface area contributed by atoms with Crippen molar-refractivity contribution in [1.29, 1.82) is 0 Å². The average molecular weight is 253 g/mol. The predicted octanol–water partition coefficient (Wildman–Crippen LogP) is 3.07. The Bertz CT molecular complexity index is 583. The van der Waals surface area contributed by atoms with Gasteiger partial charge in [0.05, 0.1) is 0 Å². The number of aryl methyl sites for hydroxylation is 1. The molecule has 0 atom stereocenters. The molecule has 19 heavy (non-hydrogen) atoms. The molecule has 1 aromatic carbocycles. The van der Waals surface area contributed by atoms with Crippen molar-refractivity contribution in [2.45, 2.75) is 12.8 Å². The number of anilines is 2. The van der Waals surface area contributed by atoms with E-state index in [-0.39, 0.29) is 6.03 Å². The minimum absolute atomic E-state index is 0.120. The van der Waals surface area contributed by atoms with Crippen molar-refractivity contribution >= 4 is 17.5 Å². The second-order valence-electron chi connectivity index (χ2n) is 4.53. The zero-order valence-electron chi connectivity index (χ0n) is 10.5. The van der Waals surface area contributed by atoms with Crippen LogP contribution < -0.4 is 10.2 Å². The van der Waals surface area contributed by atoms with Gasteiger partial charge in [0.25, 0.3) is 0 Å². The molecule has 4 heteroatoms. The SMILES string of the molecule is O=C(Nc1ccccn1)N1CCCc2ccccc21. The molecule has 0 saturated heterocycles. The van der Waals surface area contributed by atoms with Gasteiger partial charge in [0, 0.05) is 18.4 Å². The third-order valence-electron chi connectivity index (χ3n) is 3.26. The second-order valence-corrected chi connectivity index (χ2v) is 4.53. The number of carbonyl (C=O) groups excluding carboxylic acids is 1. The minimum Gasteiger partial charge on any atom is -0.294 e. The smallest absolute Gasteiger partial charge is 0.294 e. The van der Waals surface area contributed by atoms with Gasteiger partial charge in [-0.05, 0) is 36.6 Å². The van der Waals surface area contributed by atoms with Crippen molar-refractivity contribution < 1.29 is 4.79 Å². The molecule has 1 N–H and O–H groups in total. The Morgan fingerprint density at radius 1 is 1.16 bits per heavy atom. The zero-order chi connectivity index (χ0) is 13.1. The molecule has 96 valence electrons. The minimum atomic E-state index is -0.120. The number of hydrogen-bond acceptors (Lipinski definition) is 2. The lowest BCUT2D eigenvalue weighted by Crippen LogP contribution is -2.38. The first kappa shape index (κ1) is 11.7. The lowest BCUT2D eigenvalue weighted by molar-refractivity contribution is 0.256. The second kappa shape index (κ2) is 5.10. The van der Waals surface area contributed by atoms with E-state index in [0.29, 0.717) is 5.82 Å². The van der Waals surface area contributed by atoms with E-state index in [0.717, 1.165) is 25.1 Å². The van der Waals surface area contributed by atoms with Gasteiger partial charge in [0.15, 0.2) is 0 Å². The number of amides is 2. The van der Waals surface area contributed by atoms with E-state index in [4.69, 9.17) is 0 Å². The van der Waals surface area contributed by atoms with Crippen molar-refractivity contribution in [3.05, 3.63) is 54.2 Å². The highest BCUT2D eigenvalue weighted by Gasteiger charge is 2.22. The van der Waals surface area contributed by atoms with Gasteiger partial charge in [-0.3, -0.25) is 10.2 Å². The molecule has 1 aromatic heterocycles. The number of pyridine rings is 1. The molecule has 0 bridgehead atoms. The summed E-state index contributed by atoms with van der Waals surface area (Å²) in [6.45, 7) is 0.746. The average Bonchev–Trinajstić information content (AvgIpc) is 2.47. The number of para-hydroxylation sites is 1. The van der Waals surface area contributed by atoms with E-state index < -0.39 is 0 Å². The molecule has 4 nitrogen and oxygen atoms in total. The predicted molar refractivity (Wildman–Crippen MR) is 75.4 cm³/mol. The summed E-state index contributed by atoms with van der Waals surface area (Å²) in [4.78, 5) is 18.2. The number of benzene rings is 1. The molecule has 2 amide bonds. The molecular formula is C15H15N3O. The van der Waals surface area contributed by atoms with Gasteiger partial charge in [-0.2, -0.15) is 0 Å². The van der Waals surface area contributed by atoms with Crippen molar-refractivity contribution in [3.8, 4) is 0 Å². The summed E-state index contributed by atoms with van der Waals surface area (Å²) < 4.78 is 0. The Morgan fingerprint density at radius 2 is 2.00 bits per heavy atom. The van der Waals surface area contributed by atoms with E-state index in [1.807, 2.05) is 30.3 Å². The highest BCUT2D eigenvalue weighted by molar-refractivity contribution is 6.01. The molecule has 1 aliphatic heterocycles. The number of rotatable bonds is 1. The topological polar surface area (TPSA) is 45.2 Å². The van der Waals surface area contributed by atoms with Gasteiger partial charge in [0.1, 0.15) is 5.82 Å². The summed E-state index contributed by atoms with van der Waals surface area (Å²) in [5, 5.41) is 2.83. The normalized spacial score (nSPS) is 13.8. The number of carbonyl (C=O) groups is 1. The Kier molecular flexibility index (Phi) is 3.14. The van der Waals surface area contributed by atoms with E-state index in [9.17, 15) is 4.79 Å². The lowest BCUT2D eigenvalue weighted by Gasteiger charge is -2.29. The third kappa shape index (κ3) is 2.42. The summed E-state index contributed by atoms with van der Waals surface area (Å²) >= 11 is 0. The van der Waals surface area contributed by atoms with Gasteiger partial charge in [-0.1, -0.05) is 24.3 Å². The quantitative estimate of drug-likeness (QED) is 0.849. The summed E-state index contributed by atoms with van der Waals surface area (Å²) in [6.07, 6.45) is 3.69. The summed E-state index contributed by atoms with van der Waals surface area (Å²) in [5.41, 5.74) is 2.23. The molecule has 2 aromatic rings. The van der Waals surface area contributed by atoms with Crippen LogP contribution in [-0.2, 0) is 6.42 Å². The molecule has 1 aliphatic rings. The molecule has 0 aliphatic carbocycles. The molecule has 0 fully saturated rings. The Morgan fingerprint density at radius 3 is 2.84 bits per heavy atom. The lowest BCUT2D eigenvalue weighted by atomic mass is 10.0. The Hall–Kier alpha value is -2.36. The number of hydrogen-bond donors (Lipinski definition) is 1. The van der Waals surface area contributed by atoms with Gasteiger partial charge >= 0.3 is 6.03 Å². The first-order valence-corrected chi connectivity index (χ1v) is 6.42. The first-order valence-electron chi connectivity index (χ1n) is 6.42. The maximum absolute atomic E-state index is 12.3. The number of fused-ring (bicyclic) bond motifs is 1. The van der Waals surface area contributed by atoms with E-state index in [1.54, 1.807) is 17.2 Å². The maximum Gasteiger partial charge on any atom is 0.327 e. The van der Waals surface area contributed by atoms with Crippen LogP contribution in [0.25, 0.3) is 0 Å². The van der Waals surface area contributed by atoms with Crippen LogP contribution in [0.5, 0.6) is 0 Å². The fourth-order valence-electron chi connectivity index (χ4n) is 2.36. The van der Waals surface area contributed by atoms with E-state index in [1.165, 1.54) is 5.56 Å². The third-order valence-corrected chi connectivity index (χ3v) is 3.26.